The van der Waals surface area contributed by atoms with Crippen molar-refractivity contribution in [1.29, 1.82) is 0 Å². The van der Waals surface area contributed by atoms with Gasteiger partial charge in [0.1, 0.15) is 0 Å². The monoisotopic (exact) mass is 1300 g/mol. The predicted molar refractivity (Wildman–Crippen MR) is 405 cm³/mol. The molecule has 0 amide bonds. The zero-order valence-corrected chi connectivity index (χ0v) is 75.6. The van der Waals surface area contributed by atoms with E-state index in [9.17, 15) is 0 Å². The van der Waals surface area contributed by atoms with Gasteiger partial charge in [-0.1, -0.05) is 299 Å². The molecule has 0 unspecified atom stereocenters. The van der Waals surface area contributed by atoms with E-state index in [1.807, 2.05) is 43.8 Å². The minimum atomic E-state index is -1.81. The summed E-state index contributed by atoms with van der Waals surface area (Å²) in [6.07, 6.45) is 0. The molecule has 16 heteroatoms. The molecule has 76 heavy (non-hydrogen) atoms. The summed E-state index contributed by atoms with van der Waals surface area (Å²) in [6, 6.07) is 12.4. The van der Waals surface area contributed by atoms with Crippen LogP contribution >= 0.6 is 0 Å². The minimum Gasteiger partial charge on any atom is -0.0693 e. The van der Waals surface area contributed by atoms with Crippen LogP contribution in [0.5, 0.6) is 0 Å². The van der Waals surface area contributed by atoms with Crippen molar-refractivity contribution in [2.24, 2.45) is 0 Å². The zero-order chi connectivity index (χ0) is 61.2. The van der Waals surface area contributed by atoms with Crippen molar-refractivity contribution in [3.8, 4) is 0 Å². The van der Waals surface area contributed by atoms with Crippen LogP contribution in [-0.2, 0) is 8.57 Å². The predicted octanol–water partition coefficient (Wildman–Crippen LogP) is 20.1. The molecular formula is C60H134Si16. The SMILES string of the molecule is C[Si](C)(C)C(c1cc(C([Si](C)(C)C)([Si](C)(C)C)[Si](C)(C)C)cc(C([Si](C)(C)C)[Si](C)(C)C)c1[Si]#[Si]c1c(C([Si](C)(C)C)[Si](C)(C)C)cc(C([Si](C)(C)C)([Si](C)(C)C)[Si](C)(C)C)cc1C([Si](C)(C)C)[Si](C)(C)C)[Si](C)(C)C. The van der Waals surface area contributed by atoms with Crippen molar-refractivity contribution in [1.82, 2.24) is 0 Å². The first-order valence-corrected chi connectivity index (χ1v) is 83.1. The molecule has 0 nitrogen and oxygen atoms in total. The summed E-state index contributed by atoms with van der Waals surface area (Å²) < 4.78 is 0.672. The quantitative estimate of drug-likeness (QED) is 0.116. The lowest BCUT2D eigenvalue weighted by atomic mass is 10.1. The lowest BCUT2D eigenvalue weighted by molar-refractivity contribution is 0.994. The Labute approximate surface area is 497 Å². The Bertz CT molecular complexity index is 2030. The third-order valence-corrected chi connectivity index (χ3v) is 102. The first kappa shape index (κ1) is 74.0. The van der Waals surface area contributed by atoms with E-state index >= 15 is 0 Å². The minimum absolute atomic E-state index is 0.336. The summed E-state index contributed by atoms with van der Waals surface area (Å²) in [5, 5.41) is 6.66. The van der Waals surface area contributed by atoms with Gasteiger partial charge in [0.25, 0.3) is 0 Å². The lowest BCUT2D eigenvalue weighted by Crippen LogP contribution is -2.74. The number of benzene rings is 2. The third kappa shape index (κ3) is 14.9. The van der Waals surface area contributed by atoms with Crippen molar-refractivity contribution in [2.45, 2.75) is 304 Å². The molecule has 0 spiro atoms. The summed E-state index contributed by atoms with van der Waals surface area (Å²) in [5.74, 6) is 0. The van der Waals surface area contributed by atoms with Crippen molar-refractivity contribution in [3.63, 3.8) is 0 Å². The van der Waals surface area contributed by atoms with Crippen molar-refractivity contribution in [3.05, 3.63) is 57.6 Å². The number of hydrogen-bond acceptors (Lipinski definition) is 0. The Morgan fingerprint density at radius 2 is 0.342 bits per heavy atom. The van der Waals surface area contributed by atoms with Gasteiger partial charge < -0.3 is 0 Å². The molecule has 2 aromatic carbocycles. The van der Waals surface area contributed by atoms with Crippen LogP contribution in [0.1, 0.15) is 54.0 Å². The molecule has 0 bridgehead atoms. The van der Waals surface area contributed by atoms with Crippen LogP contribution in [0.2, 0.25) is 275 Å². The van der Waals surface area contributed by atoms with Crippen LogP contribution in [0.15, 0.2) is 24.3 Å². The summed E-state index contributed by atoms with van der Waals surface area (Å²) in [7, 11) is -23.2. The second-order valence-electron chi connectivity index (χ2n) is 40.0. The summed E-state index contributed by atoms with van der Waals surface area (Å²) in [4.78, 5) is 0. The van der Waals surface area contributed by atoms with Crippen LogP contribution in [0.25, 0.3) is 0 Å². The van der Waals surface area contributed by atoms with E-state index in [1.165, 1.54) is 0 Å². The van der Waals surface area contributed by atoms with E-state index < -0.39 is 113 Å². The molecule has 0 radical (unpaired) electrons. The molecule has 2 aromatic rings. The van der Waals surface area contributed by atoms with Gasteiger partial charge in [0.2, 0.25) is 0 Å². The summed E-state index contributed by atoms with van der Waals surface area (Å²) in [6.45, 7) is 118. The number of rotatable bonds is 20. The fourth-order valence-electron chi connectivity index (χ4n) is 21.4. The standard InChI is InChI=1S/C60H134Si16/c1-63(2,3)55(64(4,5)6)49-43-47(59(71(25,26)27,72(28,29)30)73(31,32)33)44-50(56(65(7,8)9)66(10,11)12)53(49)61-62-54-51(57(67(13,14)15)68(16,17)18)45-48(46-52(54)58(69(19,20)21)70(22,23)24)60(74(34,35)36,75(37,38)39)76(40,41)42/h43-46,55-58H,1-42H3. The maximum atomic E-state index is 3.10. The van der Waals surface area contributed by atoms with E-state index in [1.54, 1.807) is 0 Å². The molecule has 0 saturated heterocycles. The smallest absolute Gasteiger partial charge is 0.0499 e. The fourth-order valence-corrected chi connectivity index (χ4v) is 138. The summed E-state index contributed by atoms with van der Waals surface area (Å²) in [5.41, 5.74) is 11.3. The van der Waals surface area contributed by atoms with E-state index in [0.717, 1.165) is 16.8 Å². The first-order chi connectivity index (χ1) is 32.6. The van der Waals surface area contributed by atoms with Crippen LogP contribution in [0.4, 0.5) is 0 Å². The number of hydrogen-bond donors (Lipinski definition) is 0. The van der Waals surface area contributed by atoms with Gasteiger partial charge in [-0.3, -0.25) is 0 Å². The van der Waals surface area contributed by atoms with E-state index in [2.05, 4.69) is 299 Å². The fraction of sp³-hybridized carbons (Fsp3) is 0.800. The highest BCUT2D eigenvalue weighted by Gasteiger charge is 2.63. The normalized spacial score (nSPS) is 15.6. The Hall–Kier alpha value is 1.91. The Balaban J connectivity index is 4.27. The molecule has 0 atom stereocenters. The molecule has 438 valence electrons. The average molecular weight is 1310 g/mol. The van der Waals surface area contributed by atoms with Gasteiger partial charge in [-0.25, -0.2) is 0 Å². The molecule has 2 rings (SSSR count). The highest BCUT2D eigenvalue weighted by molar-refractivity contribution is 7.15. The Kier molecular flexibility index (Phi) is 22.0. The van der Waals surface area contributed by atoms with Gasteiger partial charge in [0.15, 0.2) is 0 Å². The molecule has 0 N–H and O–H groups in total. The van der Waals surface area contributed by atoms with E-state index in [4.69, 9.17) is 0 Å². The third-order valence-electron chi connectivity index (χ3n) is 18.5. The molecule has 0 saturated carbocycles. The van der Waals surface area contributed by atoms with Crippen molar-refractivity contribution < 1.29 is 0 Å². The van der Waals surface area contributed by atoms with Gasteiger partial charge in [0, 0.05) is 113 Å². The van der Waals surface area contributed by atoms with E-state index in [-0.39, 0.29) is 0 Å². The van der Waals surface area contributed by atoms with Gasteiger partial charge >= 0.3 is 0 Å². The van der Waals surface area contributed by atoms with E-state index in [0.29, 0.717) is 29.2 Å². The lowest BCUT2D eigenvalue weighted by Gasteiger charge is -2.60. The summed E-state index contributed by atoms with van der Waals surface area (Å²) >= 11 is 0. The van der Waals surface area contributed by atoms with Gasteiger partial charge in [-0.05, 0) is 89.8 Å². The van der Waals surface area contributed by atoms with Gasteiger partial charge in [-0.15, -0.1) is 0 Å². The topological polar surface area (TPSA) is 0 Å². The Morgan fingerprint density at radius 1 is 0.224 bits per heavy atom. The molecular weight excluding hydrogens is 1170 g/mol. The largest absolute Gasteiger partial charge is 0.0693 e. The zero-order valence-electron chi connectivity index (χ0n) is 59.6. The van der Waals surface area contributed by atoms with Crippen molar-refractivity contribution >= 4 is 140 Å². The molecule has 0 aliphatic carbocycles. The van der Waals surface area contributed by atoms with Gasteiger partial charge in [-0.2, -0.15) is 0 Å². The van der Waals surface area contributed by atoms with Crippen LogP contribution in [0.3, 0.4) is 0 Å². The molecule has 0 aromatic heterocycles. The highest BCUT2D eigenvalue weighted by Crippen LogP contribution is 2.54. The van der Waals surface area contributed by atoms with Gasteiger partial charge in [0.05, 0.1) is 0 Å². The molecule has 0 aliphatic heterocycles. The van der Waals surface area contributed by atoms with Crippen LogP contribution in [-0.4, -0.2) is 130 Å². The molecule has 0 fully saturated rings. The second-order valence-corrected chi connectivity index (χ2v) is 122. The molecule has 0 heterocycles. The maximum absolute atomic E-state index is 3.10. The first-order valence-electron chi connectivity index (χ1n) is 30.5. The highest BCUT2D eigenvalue weighted by atomic mass is 28.7. The van der Waals surface area contributed by atoms with Crippen LogP contribution < -0.4 is 10.4 Å². The molecule has 0 aliphatic rings. The van der Waals surface area contributed by atoms with Crippen LogP contribution in [0, 0.1) is 0 Å². The maximum Gasteiger partial charge on any atom is 0.0499 e. The average Bonchev–Trinajstić information content (AvgIpc) is 2.99. The Morgan fingerprint density at radius 3 is 0.434 bits per heavy atom. The second kappa shape index (κ2) is 22.6. The van der Waals surface area contributed by atoms with Crippen molar-refractivity contribution in [2.75, 3.05) is 0 Å².